The van der Waals surface area contributed by atoms with Gasteiger partial charge >= 0.3 is 5.97 Å². The molecule has 0 aliphatic heterocycles. The zero-order valence-electron chi connectivity index (χ0n) is 18.3. The highest BCUT2D eigenvalue weighted by Gasteiger charge is 2.34. The molecule has 0 spiro atoms. The summed E-state index contributed by atoms with van der Waals surface area (Å²) >= 11 is 6.21. The van der Waals surface area contributed by atoms with Crippen molar-refractivity contribution in [3.05, 3.63) is 82.9 Å². The van der Waals surface area contributed by atoms with Crippen molar-refractivity contribution in [3.63, 3.8) is 0 Å². The number of carboxylic acids is 1. The molecule has 1 heterocycles. The molecule has 0 fully saturated rings. The second-order valence-corrected chi connectivity index (χ2v) is 8.78. The molecule has 1 aromatic heterocycles. The van der Waals surface area contributed by atoms with E-state index in [1.807, 2.05) is 54.6 Å². The third kappa shape index (κ3) is 5.24. The first-order chi connectivity index (χ1) is 16.2. The fourth-order valence-electron chi connectivity index (χ4n) is 3.80. The smallest absolute Gasteiger partial charge is 0.335 e. The van der Waals surface area contributed by atoms with Crippen LogP contribution < -0.4 is 5.32 Å². The van der Waals surface area contributed by atoms with E-state index in [0.29, 0.717) is 17.5 Å². The maximum Gasteiger partial charge on any atom is 0.335 e. The van der Waals surface area contributed by atoms with Crippen molar-refractivity contribution < 1.29 is 19.8 Å². The Morgan fingerprint density at radius 1 is 1.06 bits per heavy atom. The Morgan fingerprint density at radius 3 is 2.41 bits per heavy atom. The number of hydrogen-bond donors (Lipinski definition) is 4. The second kappa shape index (κ2) is 9.62. The van der Waals surface area contributed by atoms with Gasteiger partial charge in [0.15, 0.2) is 5.60 Å². The van der Waals surface area contributed by atoms with Crippen LogP contribution in [0.15, 0.2) is 66.7 Å². The topological polar surface area (TPSA) is 128 Å². The Labute approximate surface area is 200 Å². The number of carbonyl (C=O) groups excluding carboxylic acids is 1. The average molecular weight is 479 g/mol. The van der Waals surface area contributed by atoms with Crippen LogP contribution in [0.3, 0.4) is 0 Å². The number of nitrogens with one attached hydrogen (secondary N) is 2. The first-order valence-corrected chi connectivity index (χ1v) is 11.0. The number of amides is 1. The number of fused-ring (bicyclic) bond motifs is 1. The van der Waals surface area contributed by atoms with E-state index in [-0.39, 0.29) is 17.0 Å². The Bertz CT molecular complexity index is 1320. The Kier molecular flexibility index (Phi) is 6.63. The summed E-state index contributed by atoms with van der Waals surface area (Å²) in [6.07, 6.45) is 0.138. The molecule has 174 valence electrons. The molecule has 1 unspecified atom stereocenters. The number of hydrogen-bond acceptors (Lipinski definition) is 5. The number of nitrogens with zero attached hydrogens (tertiary/aromatic N) is 2. The van der Waals surface area contributed by atoms with Crippen LogP contribution in [0.25, 0.3) is 22.2 Å². The summed E-state index contributed by atoms with van der Waals surface area (Å²) in [7, 11) is 0. The fourth-order valence-corrected chi connectivity index (χ4v) is 4.06. The number of halogens is 1. The van der Waals surface area contributed by atoms with Crippen LogP contribution in [0.1, 0.15) is 29.3 Å². The highest BCUT2D eigenvalue weighted by molar-refractivity contribution is 6.35. The third-order valence-corrected chi connectivity index (χ3v) is 5.91. The minimum atomic E-state index is -2.02. The number of carbonyl (C=O) groups is 2. The lowest BCUT2D eigenvalue weighted by atomic mass is 9.92. The van der Waals surface area contributed by atoms with E-state index in [1.54, 1.807) is 6.07 Å². The molecule has 0 radical (unpaired) electrons. The lowest BCUT2D eigenvalue weighted by Crippen LogP contribution is -2.46. The van der Waals surface area contributed by atoms with Crippen LogP contribution in [0, 0.1) is 0 Å². The predicted octanol–water partition coefficient (Wildman–Crippen LogP) is 3.85. The van der Waals surface area contributed by atoms with Gasteiger partial charge in [0.25, 0.3) is 5.91 Å². The minimum absolute atomic E-state index is 0.186. The molecular weight excluding hydrogens is 456 g/mol. The highest BCUT2D eigenvalue weighted by Crippen LogP contribution is 2.24. The van der Waals surface area contributed by atoms with E-state index in [1.165, 1.54) is 13.0 Å². The SMILES string of the molecule is C[C@@](O)(CC(Cc1ccc(-c2ccccc2)cc1)NC(=O)c1cc(Cl)c2n[nH]nc2c1)C(=O)O. The summed E-state index contributed by atoms with van der Waals surface area (Å²) < 4.78 is 0. The number of H-pyrrole nitrogens is 1. The molecule has 4 aromatic rings. The third-order valence-electron chi connectivity index (χ3n) is 5.62. The Hall–Kier alpha value is -3.75. The second-order valence-electron chi connectivity index (χ2n) is 8.37. The molecule has 0 saturated heterocycles. The molecule has 0 bridgehead atoms. The lowest BCUT2D eigenvalue weighted by molar-refractivity contribution is -0.157. The largest absolute Gasteiger partial charge is 0.479 e. The van der Waals surface area contributed by atoms with Crippen LogP contribution >= 0.6 is 11.6 Å². The molecule has 9 heteroatoms. The van der Waals surface area contributed by atoms with Crippen molar-refractivity contribution >= 4 is 34.5 Å². The number of aliphatic hydroxyl groups is 1. The summed E-state index contributed by atoms with van der Waals surface area (Å²) in [4.78, 5) is 24.5. The number of carboxylic acid groups (broad SMARTS) is 1. The minimum Gasteiger partial charge on any atom is -0.479 e. The summed E-state index contributed by atoms with van der Waals surface area (Å²) in [5.74, 6) is -1.82. The molecule has 2 atom stereocenters. The van der Waals surface area contributed by atoms with Gasteiger partial charge in [-0.1, -0.05) is 66.2 Å². The van der Waals surface area contributed by atoms with Gasteiger partial charge in [0.1, 0.15) is 11.0 Å². The van der Waals surface area contributed by atoms with Gasteiger partial charge in [0.2, 0.25) is 0 Å². The van der Waals surface area contributed by atoms with Crippen LogP contribution in [-0.4, -0.2) is 49.1 Å². The molecule has 3 aromatic carbocycles. The fraction of sp³-hybridized carbons (Fsp3) is 0.200. The van der Waals surface area contributed by atoms with Crippen LogP contribution in [-0.2, 0) is 11.2 Å². The van der Waals surface area contributed by atoms with Crippen molar-refractivity contribution in [2.24, 2.45) is 0 Å². The van der Waals surface area contributed by atoms with Crippen molar-refractivity contribution in [1.82, 2.24) is 20.7 Å². The molecule has 1 amide bonds. The zero-order valence-corrected chi connectivity index (χ0v) is 19.1. The van der Waals surface area contributed by atoms with Gasteiger partial charge in [0.05, 0.1) is 5.02 Å². The molecular formula is C25H23ClN4O4. The van der Waals surface area contributed by atoms with E-state index < -0.39 is 23.5 Å². The highest BCUT2D eigenvalue weighted by atomic mass is 35.5. The van der Waals surface area contributed by atoms with Gasteiger partial charge in [-0.05, 0) is 42.2 Å². The zero-order chi connectivity index (χ0) is 24.3. The number of benzene rings is 3. The summed E-state index contributed by atoms with van der Waals surface area (Å²) in [6, 6.07) is 20.1. The maximum atomic E-state index is 13.0. The number of aliphatic carboxylic acids is 1. The molecule has 4 N–H and O–H groups in total. The van der Waals surface area contributed by atoms with Gasteiger partial charge in [-0.25, -0.2) is 4.79 Å². The number of rotatable bonds is 8. The standard InChI is InChI=1S/C25H23ClN4O4/c1-25(34,24(32)33)14-19(11-15-7-9-17(10-8-15)16-5-3-2-4-6-16)27-23(31)18-12-20(26)22-21(13-18)28-30-29-22/h2-10,12-13,19,34H,11,14H2,1H3,(H,27,31)(H,32,33)(H,28,29,30)/t19?,25-/m1/s1. The first kappa shape index (κ1) is 23.4. The normalized spacial score (nSPS) is 13.9. The number of aromatic amines is 1. The average Bonchev–Trinajstić information content (AvgIpc) is 3.29. The summed E-state index contributed by atoms with van der Waals surface area (Å²) in [5.41, 5.74) is 2.12. The van der Waals surface area contributed by atoms with Crippen molar-refractivity contribution in [2.75, 3.05) is 0 Å². The van der Waals surface area contributed by atoms with Gasteiger partial charge in [-0.2, -0.15) is 15.4 Å². The van der Waals surface area contributed by atoms with Crippen molar-refractivity contribution in [3.8, 4) is 11.1 Å². The molecule has 4 rings (SSSR count). The van der Waals surface area contributed by atoms with Crippen LogP contribution in [0.2, 0.25) is 5.02 Å². The number of aromatic nitrogens is 3. The van der Waals surface area contributed by atoms with E-state index in [4.69, 9.17) is 11.6 Å². The van der Waals surface area contributed by atoms with E-state index in [0.717, 1.165) is 16.7 Å². The van der Waals surface area contributed by atoms with Crippen LogP contribution in [0.4, 0.5) is 0 Å². The van der Waals surface area contributed by atoms with Gasteiger partial charge in [-0.3, -0.25) is 4.79 Å². The first-order valence-electron chi connectivity index (χ1n) is 10.6. The summed E-state index contributed by atoms with van der Waals surface area (Å²) in [5, 5.41) is 33.3. The van der Waals surface area contributed by atoms with Crippen molar-refractivity contribution in [1.29, 1.82) is 0 Å². The predicted molar refractivity (Wildman–Crippen MR) is 129 cm³/mol. The molecule has 34 heavy (non-hydrogen) atoms. The Balaban J connectivity index is 1.56. The van der Waals surface area contributed by atoms with E-state index in [9.17, 15) is 19.8 Å². The quantitative estimate of drug-likeness (QED) is 0.304. The van der Waals surface area contributed by atoms with E-state index >= 15 is 0 Å². The molecule has 0 aliphatic rings. The maximum absolute atomic E-state index is 13.0. The van der Waals surface area contributed by atoms with E-state index in [2.05, 4.69) is 20.7 Å². The van der Waals surface area contributed by atoms with Gasteiger partial charge in [0, 0.05) is 18.0 Å². The van der Waals surface area contributed by atoms with Gasteiger partial charge in [-0.15, -0.1) is 0 Å². The monoisotopic (exact) mass is 478 g/mol. The van der Waals surface area contributed by atoms with Crippen molar-refractivity contribution in [2.45, 2.75) is 31.4 Å². The Morgan fingerprint density at radius 2 is 1.74 bits per heavy atom. The van der Waals surface area contributed by atoms with Crippen LogP contribution in [0.5, 0.6) is 0 Å². The molecule has 0 aliphatic carbocycles. The molecule has 0 saturated carbocycles. The van der Waals surface area contributed by atoms with Gasteiger partial charge < -0.3 is 15.5 Å². The summed E-state index contributed by atoms with van der Waals surface area (Å²) in [6.45, 7) is 1.21. The lowest BCUT2D eigenvalue weighted by Gasteiger charge is -2.26. The molecule has 8 nitrogen and oxygen atoms in total.